The van der Waals surface area contributed by atoms with Crippen molar-refractivity contribution in [2.45, 2.75) is 36.9 Å². The number of ether oxygens (including phenoxy) is 2. The number of rotatable bonds is 6. The summed E-state index contributed by atoms with van der Waals surface area (Å²) in [5, 5.41) is 0. The summed E-state index contributed by atoms with van der Waals surface area (Å²) < 4.78 is 36.9. The van der Waals surface area contributed by atoms with Crippen molar-refractivity contribution in [3.8, 4) is 0 Å². The van der Waals surface area contributed by atoms with Gasteiger partial charge < -0.3 is 9.47 Å². The predicted octanol–water partition coefficient (Wildman–Crippen LogP) is 1.71. The van der Waals surface area contributed by atoms with E-state index in [1.807, 2.05) is 0 Å². The minimum atomic E-state index is -3.93. The Bertz CT molecular complexity index is 733. The fraction of sp³-hybridized carbons (Fsp3) is 0.571. The Morgan fingerprint density at radius 1 is 1.22 bits per heavy atom. The highest BCUT2D eigenvalue weighted by molar-refractivity contribution is 7.91. The molecule has 1 atom stereocenters. The van der Waals surface area contributed by atoms with E-state index < -0.39 is 22.0 Å². The Balaban J connectivity index is 2.50. The van der Waals surface area contributed by atoms with E-state index in [9.17, 15) is 18.0 Å². The van der Waals surface area contributed by atoms with Crippen molar-refractivity contribution in [2.24, 2.45) is 5.92 Å². The molecule has 0 saturated heterocycles. The van der Waals surface area contributed by atoms with Crippen molar-refractivity contribution < 1.29 is 27.5 Å². The van der Waals surface area contributed by atoms with Crippen LogP contribution in [0, 0.1) is 12.8 Å². The van der Waals surface area contributed by atoms with Gasteiger partial charge in [-0.1, -0.05) is 0 Å². The van der Waals surface area contributed by atoms with E-state index in [4.69, 9.17) is 0 Å². The molecule has 1 N–H and O–H groups in total. The van der Waals surface area contributed by atoms with Gasteiger partial charge in [-0.3, -0.25) is 0 Å². The normalized spacial score (nSPS) is 16.0. The van der Waals surface area contributed by atoms with Crippen LogP contribution in [-0.2, 0) is 19.5 Å². The molecule has 0 bridgehead atoms. The third-order valence-electron chi connectivity index (χ3n) is 3.79. The minimum absolute atomic E-state index is 0.0763. The molecule has 1 saturated carbocycles. The molecular weight excluding hydrogens is 342 g/mol. The molecule has 0 spiro atoms. The standard InChI is InChI=1S/C14H19NO6S2/c1-7-10(12(16)20-3)14(22-11(7)13(17)21-4)23(18,19)15-8(2)9-5-6-9/h8-9,15H,5-6H2,1-4H3/t8-/m0/s1. The van der Waals surface area contributed by atoms with Crippen molar-refractivity contribution in [1.82, 2.24) is 4.72 Å². The lowest BCUT2D eigenvalue weighted by molar-refractivity contribution is 0.0596. The van der Waals surface area contributed by atoms with E-state index in [0.29, 0.717) is 5.92 Å². The first kappa shape index (κ1) is 17.9. The molecule has 7 nitrogen and oxygen atoms in total. The summed E-state index contributed by atoms with van der Waals surface area (Å²) in [6, 6.07) is -0.227. The molecule has 0 amide bonds. The summed E-state index contributed by atoms with van der Waals surface area (Å²) in [5.41, 5.74) is 0.126. The number of carbonyl (C=O) groups excluding carboxylic acids is 2. The van der Waals surface area contributed by atoms with Crippen LogP contribution in [0.3, 0.4) is 0 Å². The summed E-state index contributed by atoms with van der Waals surface area (Å²) in [6.07, 6.45) is 1.95. The summed E-state index contributed by atoms with van der Waals surface area (Å²) in [6.45, 7) is 3.28. The fourth-order valence-electron chi connectivity index (χ4n) is 2.29. The van der Waals surface area contributed by atoms with Crippen LogP contribution in [-0.4, -0.2) is 40.6 Å². The highest BCUT2D eigenvalue weighted by atomic mass is 32.2. The highest BCUT2D eigenvalue weighted by Gasteiger charge is 2.36. The van der Waals surface area contributed by atoms with Gasteiger partial charge in [0.1, 0.15) is 4.88 Å². The number of esters is 2. The Labute approximate surface area is 139 Å². The van der Waals surface area contributed by atoms with Gasteiger partial charge in [-0.05, 0) is 38.2 Å². The van der Waals surface area contributed by atoms with Crippen LogP contribution < -0.4 is 4.72 Å². The molecule has 0 radical (unpaired) electrons. The van der Waals surface area contributed by atoms with Crippen molar-refractivity contribution >= 4 is 33.3 Å². The van der Waals surface area contributed by atoms with Crippen LogP contribution in [0.15, 0.2) is 4.21 Å². The van der Waals surface area contributed by atoms with Gasteiger partial charge in [0.15, 0.2) is 4.21 Å². The first-order valence-electron chi connectivity index (χ1n) is 7.05. The monoisotopic (exact) mass is 361 g/mol. The predicted molar refractivity (Wildman–Crippen MR) is 84.2 cm³/mol. The average Bonchev–Trinajstić information content (AvgIpc) is 3.28. The quantitative estimate of drug-likeness (QED) is 0.775. The van der Waals surface area contributed by atoms with E-state index in [2.05, 4.69) is 14.2 Å². The second-order valence-electron chi connectivity index (χ2n) is 5.45. The maximum atomic E-state index is 12.6. The van der Waals surface area contributed by atoms with Gasteiger partial charge >= 0.3 is 11.9 Å². The molecule has 1 aromatic heterocycles. The Hall–Kier alpha value is -1.45. The first-order chi connectivity index (χ1) is 10.7. The number of carbonyl (C=O) groups is 2. The summed E-state index contributed by atoms with van der Waals surface area (Å²) in [4.78, 5) is 23.9. The van der Waals surface area contributed by atoms with Gasteiger partial charge in [0.25, 0.3) is 10.0 Å². The zero-order valence-corrected chi connectivity index (χ0v) is 15.0. The summed E-state index contributed by atoms with van der Waals surface area (Å²) >= 11 is 0.718. The molecule has 128 valence electrons. The molecular formula is C14H19NO6S2. The van der Waals surface area contributed by atoms with Gasteiger partial charge in [-0.25, -0.2) is 22.7 Å². The SMILES string of the molecule is COC(=O)c1sc(S(=O)(=O)N[C@@H](C)C2CC2)c(C(=O)OC)c1C. The molecule has 1 heterocycles. The lowest BCUT2D eigenvalue weighted by Crippen LogP contribution is -2.34. The van der Waals surface area contributed by atoms with E-state index in [-0.39, 0.29) is 26.3 Å². The molecule has 23 heavy (non-hydrogen) atoms. The minimum Gasteiger partial charge on any atom is -0.465 e. The smallest absolute Gasteiger partial charge is 0.348 e. The number of nitrogens with one attached hydrogen (secondary N) is 1. The zero-order chi connectivity index (χ0) is 17.4. The first-order valence-corrected chi connectivity index (χ1v) is 9.35. The van der Waals surface area contributed by atoms with E-state index in [1.54, 1.807) is 6.92 Å². The maximum absolute atomic E-state index is 12.6. The molecule has 1 fully saturated rings. The zero-order valence-electron chi connectivity index (χ0n) is 13.3. The van der Waals surface area contributed by atoms with Crippen molar-refractivity contribution in [2.75, 3.05) is 14.2 Å². The summed E-state index contributed by atoms with van der Waals surface area (Å²) in [5.74, 6) is -1.17. The number of hydrogen-bond acceptors (Lipinski definition) is 7. The van der Waals surface area contributed by atoms with Gasteiger partial charge in [-0.15, -0.1) is 11.3 Å². The van der Waals surface area contributed by atoms with Crippen LogP contribution in [0.2, 0.25) is 0 Å². The number of thiophene rings is 1. The summed E-state index contributed by atoms with van der Waals surface area (Å²) in [7, 11) is -1.58. The molecule has 0 aliphatic heterocycles. The van der Waals surface area contributed by atoms with Gasteiger partial charge in [-0.2, -0.15) is 0 Å². The fourth-order valence-corrected chi connectivity index (χ4v) is 5.37. The molecule has 1 aliphatic rings. The lowest BCUT2D eigenvalue weighted by atomic mass is 10.2. The molecule has 2 rings (SSSR count). The number of sulfonamides is 1. The van der Waals surface area contributed by atoms with Gasteiger partial charge in [0, 0.05) is 6.04 Å². The Morgan fingerprint density at radius 3 is 2.26 bits per heavy atom. The molecule has 1 aromatic rings. The Morgan fingerprint density at radius 2 is 1.78 bits per heavy atom. The second-order valence-corrected chi connectivity index (χ2v) is 8.38. The third kappa shape index (κ3) is 3.56. The van der Waals surface area contributed by atoms with Gasteiger partial charge in [0.2, 0.25) is 0 Å². The van der Waals surface area contributed by atoms with Crippen LogP contribution in [0.5, 0.6) is 0 Å². The number of hydrogen-bond donors (Lipinski definition) is 1. The van der Waals surface area contributed by atoms with Crippen LogP contribution in [0.4, 0.5) is 0 Å². The number of methoxy groups -OCH3 is 2. The van der Waals surface area contributed by atoms with Crippen molar-refractivity contribution in [1.29, 1.82) is 0 Å². The molecule has 1 aliphatic carbocycles. The van der Waals surface area contributed by atoms with Crippen molar-refractivity contribution in [3.63, 3.8) is 0 Å². The third-order valence-corrected chi connectivity index (χ3v) is 7.14. The van der Waals surface area contributed by atoms with E-state index in [0.717, 1.165) is 31.3 Å². The van der Waals surface area contributed by atoms with Crippen LogP contribution >= 0.6 is 11.3 Å². The molecule has 0 unspecified atom stereocenters. The molecule has 0 aromatic carbocycles. The molecule has 9 heteroatoms. The Kier molecular flexibility index (Phi) is 5.12. The van der Waals surface area contributed by atoms with E-state index >= 15 is 0 Å². The van der Waals surface area contributed by atoms with E-state index in [1.165, 1.54) is 14.0 Å². The topological polar surface area (TPSA) is 98.8 Å². The van der Waals surface area contributed by atoms with Crippen LogP contribution in [0.25, 0.3) is 0 Å². The lowest BCUT2D eigenvalue weighted by Gasteiger charge is -2.13. The van der Waals surface area contributed by atoms with Gasteiger partial charge in [0.05, 0.1) is 19.8 Å². The maximum Gasteiger partial charge on any atom is 0.348 e. The van der Waals surface area contributed by atoms with Crippen molar-refractivity contribution in [3.05, 3.63) is 16.0 Å². The average molecular weight is 361 g/mol. The van der Waals surface area contributed by atoms with Crippen LogP contribution in [0.1, 0.15) is 45.4 Å². The second kappa shape index (κ2) is 6.58. The highest BCUT2D eigenvalue weighted by Crippen LogP contribution is 2.36. The largest absolute Gasteiger partial charge is 0.465 e.